The number of hydrogen-bond acceptors (Lipinski definition) is 3. The molecule has 2 aromatic rings. The summed E-state index contributed by atoms with van der Waals surface area (Å²) in [5.74, 6) is -0.128. The van der Waals surface area contributed by atoms with Crippen molar-refractivity contribution in [3.05, 3.63) is 64.7 Å². The van der Waals surface area contributed by atoms with E-state index in [1.807, 2.05) is 6.07 Å². The molecule has 0 radical (unpaired) electrons. The van der Waals surface area contributed by atoms with Crippen LogP contribution in [0.1, 0.15) is 60.8 Å². The Balaban J connectivity index is 0.00000118. The molecule has 1 unspecified atom stereocenters. The molecule has 4 rings (SSSR count). The highest BCUT2D eigenvalue weighted by molar-refractivity contribution is 5.67. The third-order valence-corrected chi connectivity index (χ3v) is 6.18. The minimum absolute atomic E-state index is 0.0172. The van der Waals surface area contributed by atoms with Crippen molar-refractivity contribution in [1.29, 1.82) is 0 Å². The normalized spacial score (nSPS) is 17.7. The van der Waals surface area contributed by atoms with Crippen molar-refractivity contribution in [3.63, 3.8) is 0 Å². The van der Waals surface area contributed by atoms with Crippen LogP contribution in [-0.2, 0) is 30.1 Å². The number of aliphatic carboxylic acids is 1. The number of benzene rings is 2. The predicted molar refractivity (Wildman–Crippen MR) is 126 cm³/mol. The van der Waals surface area contributed by atoms with Crippen molar-refractivity contribution in [2.45, 2.75) is 63.8 Å². The summed E-state index contributed by atoms with van der Waals surface area (Å²) in [6, 6.07) is 8.69. The van der Waals surface area contributed by atoms with Gasteiger partial charge in [-0.3, -0.25) is 9.69 Å². The molecule has 10 heteroatoms. The highest BCUT2D eigenvalue weighted by atomic mass is 19.4. The molecular formula is C27H31F6NO3. The van der Waals surface area contributed by atoms with E-state index in [1.54, 1.807) is 23.1 Å². The van der Waals surface area contributed by atoms with E-state index in [0.717, 1.165) is 5.56 Å². The third-order valence-electron chi connectivity index (χ3n) is 6.18. The van der Waals surface area contributed by atoms with Gasteiger partial charge in [-0.25, -0.2) is 0 Å². The van der Waals surface area contributed by atoms with E-state index >= 15 is 0 Å². The van der Waals surface area contributed by atoms with Gasteiger partial charge in [0.05, 0.1) is 17.7 Å². The highest BCUT2D eigenvalue weighted by Gasteiger charge is 2.37. The molecule has 2 aliphatic rings. The van der Waals surface area contributed by atoms with Crippen LogP contribution in [-0.4, -0.2) is 35.7 Å². The Morgan fingerprint density at radius 1 is 1.00 bits per heavy atom. The van der Waals surface area contributed by atoms with E-state index in [1.165, 1.54) is 19.3 Å². The van der Waals surface area contributed by atoms with Gasteiger partial charge >= 0.3 is 18.3 Å². The minimum atomic E-state index is -4.73. The van der Waals surface area contributed by atoms with Gasteiger partial charge in [0.1, 0.15) is 5.75 Å². The Morgan fingerprint density at radius 2 is 1.73 bits per heavy atom. The van der Waals surface area contributed by atoms with Crippen molar-refractivity contribution < 1.29 is 41.0 Å². The van der Waals surface area contributed by atoms with Crippen LogP contribution in [0.2, 0.25) is 0 Å². The molecule has 1 atom stereocenters. The van der Waals surface area contributed by atoms with Gasteiger partial charge in [0.2, 0.25) is 0 Å². The summed E-state index contributed by atoms with van der Waals surface area (Å²) in [5, 5.41) is 8.78. The Kier molecular flexibility index (Phi) is 9.87. The molecule has 1 N–H and O–H groups in total. The lowest BCUT2D eigenvalue weighted by Gasteiger charge is -2.21. The average Bonchev–Trinajstić information content (AvgIpc) is 3.64. The van der Waals surface area contributed by atoms with Crippen molar-refractivity contribution in [2.24, 2.45) is 5.92 Å². The number of hydrogen-bond donors (Lipinski definition) is 1. The molecule has 4 nitrogen and oxygen atoms in total. The number of aryl methyl sites for hydroxylation is 1. The van der Waals surface area contributed by atoms with Gasteiger partial charge in [-0.15, -0.1) is 0 Å². The zero-order valence-corrected chi connectivity index (χ0v) is 20.4. The molecule has 1 saturated heterocycles. The first-order chi connectivity index (χ1) is 17.4. The summed E-state index contributed by atoms with van der Waals surface area (Å²) in [5.41, 5.74) is -1.67. The molecular weight excluding hydrogens is 500 g/mol. The van der Waals surface area contributed by atoms with Crippen molar-refractivity contribution in [2.75, 3.05) is 19.7 Å². The minimum Gasteiger partial charge on any atom is -0.494 e. The molecule has 1 aliphatic heterocycles. The van der Waals surface area contributed by atoms with Gasteiger partial charge in [-0.1, -0.05) is 31.4 Å². The molecule has 1 heterocycles. The predicted octanol–water partition coefficient (Wildman–Crippen LogP) is 7.20. The molecule has 1 aliphatic carbocycles. The number of ether oxygens (including phenoxy) is 1. The van der Waals surface area contributed by atoms with E-state index in [9.17, 15) is 31.1 Å². The maximum Gasteiger partial charge on any atom is 0.416 e. The molecule has 0 aromatic heterocycles. The van der Waals surface area contributed by atoms with E-state index in [4.69, 9.17) is 9.84 Å². The van der Waals surface area contributed by atoms with E-state index in [0.29, 0.717) is 62.9 Å². The van der Waals surface area contributed by atoms with Crippen LogP contribution in [0, 0.1) is 5.92 Å². The van der Waals surface area contributed by atoms with E-state index in [-0.39, 0.29) is 24.4 Å². The lowest BCUT2D eigenvalue weighted by molar-refractivity contribution is -0.142. The quantitative estimate of drug-likeness (QED) is 0.348. The van der Waals surface area contributed by atoms with Gasteiger partial charge in [0, 0.05) is 19.5 Å². The largest absolute Gasteiger partial charge is 0.494 e. The molecule has 0 spiro atoms. The number of rotatable bonds is 9. The Bertz CT molecular complexity index is 1030. The number of alkyl halides is 6. The van der Waals surface area contributed by atoms with Crippen molar-refractivity contribution >= 4 is 5.97 Å². The molecule has 2 aromatic carbocycles. The maximum atomic E-state index is 13.3. The maximum absolute atomic E-state index is 13.3. The zero-order chi connectivity index (χ0) is 27.1. The molecule has 37 heavy (non-hydrogen) atoms. The summed E-state index contributed by atoms with van der Waals surface area (Å²) in [7, 11) is 0. The second kappa shape index (κ2) is 12.7. The van der Waals surface area contributed by atoms with Crippen LogP contribution < -0.4 is 4.74 Å². The summed E-state index contributed by atoms with van der Waals surface area (Å²) >= 11 is 0. The van der Waals surface area contributed by atoms with Crippen LogP contribution in [0.4, 0.5) is 26.3 Å². The lowest BCUT2D eigenvalue weighted by Crippen LogP contribution is -2.23. The van der Waals surface area contributed by atoms with E-state index < -0.39 is 29.4 Å². The summed E-state index contributed by atoms with van der Waals surface area (Å²) < 4.78 is 84.8. The van der Waals surface area contributed by atoms with Gasteiger partial charge in [0.25, 0.3) is 0 Å². The molecule has 204 valence electrons. The number of halogens is 6. The lowest BCUT2D eigenvalue weighted by atomic mass is 10.0. The number of carbonyl (C=O) groups is 1. The fraction of sp³-hybridized carbons (Fsp3) is 0.519. The van der Waals surface area contributed by atoms with Crippen LogP contribution >= 0.6 is 0 Å². The summed E-state index contributed by atoms with van der Waals surface area (Å²) in [4.78, 5) is 12.4. The first-order valence-electron chi connectivity index (χ1n) is 12.3. The number of nitrogens with zero attached hydrogens (tertiary/aromatic N) is 1. The number of carboxylic acids is 1. The smallest absolute Gasteiger partial charge is 0.416 e. The van der Waals surface area contributed by atoms with Gasteiger partial charge in [-0.05, 0) is 73.2 Å². The fourth-order valence-electron chi connectivity index (χ4n) is 4.10. The van der Waals surface area contributed by atoms with Crippen molar-refractivity contribution in [1.82, 2.24) is 4.90 Å². The number of carboxylic acid groups (broad SMARTS) is 1. The number of likely N-dealkylation sites (tertiary alicyclic amines) is 1. The second-order valence-electron chi connectivity index (χ2n) is 9.50. The van der Waals surface area contributed by atoms with Crippen LogP contribution in [0.25, 0.3) is 0 Å². The summed E-state index contributed by atoms with van der Waals surface area (Å²) in [6.07, 6.45) is -3.18. The Morgan fingerprint density at radius 3 is 2.35 bits per heavy atom. The van der Waals surface area contributed by atoms with Gasteiger partial charge in [0.15, 0.2) is 0 Å². The standard InChI is InChI=1S/C24H25F6NO3.C3H6/c25-23(26,27)19-5-6-21(24(28,29)30)18(13-19)15-31-10-8-17(14-31)9-11-34-20-3-1-2-16(12-20)4-7-22(32)33;1-2-3-1/h1-3,5-6,12-13,17H,4,7-11,14-15H2,(H,32,33);1-3H2. The second-order valence-corrected chi connectivity index (χ2v) is 9.50. The first kappa shape index (κ1) is 28.8. The Labute approximate surface area is 212 Å². The highest BCUT2D eigenvalue weighted by Crippen LogP contribution is 2.37. The molecule has 1 saturated carbocycles. The van der Waals surface area contributed by atoms with Crippen LogP contribution in [0.3, 0.4) is 0 Å². The van der Waals surface area contributed by atoms with Crippen molar-refractivity contribution in [3.8, 4) is 5.75 Å². The molecule has 0 amide bonds. The first-order valence-corrected chi connectivity index (χ1v) is 12.3. The SMILES string of the molecule is C1CC1.O=C(O)CCc1cccc(OCCC2CCN(Cc3cc(C(F)(F)F)ccc3C(F)(F)F)C2)c1. The van der Waals surface area contributed by atoms with Gasteiger partial charge in [-0.2, -0.15) is 26.3 Å². The molecule has 2 fully saturated rings. The topological polar surface area (TPSA) is 49.8 Å². The Hall–Kier alpha value is -2.75. The molecule has 0 bridgehead atoms. The fourth-order valence-corrected chi connectivity index (χ4v) is 4.10. The monoisotopic (exact) mass is 531 g/mol. The van der Waals surface area contributed by atoms with Gasteiger partial charge < -0.3 is 9.84 Å². The van der Waals surface area contributed by atoms with Crippen LogP contribution in [0.15, 0.2) is 42.5 Å². The zero-order valence-electron chi connectivity index (χ0n) is 20.4. The summed E-state index contributed by atoms with van der Waals surface area (Å²) in [6.45, 7) is 1.12. The average molecular weight is 532 g/mol. The third kappa shape index (κ3) is 9.91. The van der Waals surface area contributed by atoms with Crippen LogP contribution in [0.5, 0.6) is 5.75 Å². The van der Waals surface area contributed by atoms with E-state index in [2.05, 4.69) is 0 Å².